The van der Waals surface area contributed by atoms with Crippen molar-refractivity contribution in [2.24, 2.45) is 5.92 Å². The molecule has 10 nitrogen and oxygen atoms in total. The maximum atomic E-state index is 11.5. The second kappa shape index (κ2) is 11.1. The number of hydrogen-bond donors (Lipinski definition) is 2. The molecule has 0 saturated heterocycles. The molecule has 1 atom stereocenters. The zero-order valence-corrected chi connectivity index (χ0v) is 15.7. The van der Waals surface area contributed by atoms with Crippen LogP contribution in [0.4, 0.5) is 0 Å². The van der Waals surface area contributed by atoms with E-state index in [2.05, 4.69) is 10.2 Å². The molecule has 0 bridgehead atoms. The molecule has 2 amide bonds. The molecule has 0 saturated carbocycles. The molecule has 0 spiro atoms. The highest BCUT2D eigenvalue weighted by molar-refractivity contribution is 7.13. The smallest absolute Gasteiger partial charge is 0.398 e. The van der Waals surface area contributed by atoms with Gasteiger partial charge in [-0.05, 0) is 25.7 Å². The van der Waals surface area contributed by atoms with Crippen molar-refractivity contribution in [1.82, 2.24) is 21.0 Å². The van der Waals surface area contributed by atoms with Crippen molar-refractivity contribution in [3.63, 3.8) is 0 Å². The van der Waals surface area contributed by atoms with E-state index >= 15 is 0 Å². The van der Waals surface area contributed by atoms with Gasteiger partial charge < -0.3 is 9.47 Å². The summed E-state index contributed by atoms with van der Waals surface area (Å²) in [7, 11) is 0. The molecule has 26 heavy (non-hydrogen) atoms. The number of hydrazine groups is 1. The minimum absolute atomic E-state index is 0.0842. The summed E-state index contributed by atoms with van der Waals surface area (Å²) in [4.78, 5) is 44.8. The Morgan fingerprint density at radius 3 is 2.54 bits per heavy atom. The van der Waals surface area contributed by atoms with Gasteiger partial charge in [-0.1, -0.05) is 18.3 Å². The van der Waals surface area contributed by atoms with Crippen LogP contribution < -0.4 is 10.9 Å². The number of amides is 2. The standard InChI is InChI=1S/C15H22N4O6S/c1-4-24-15(23)13-19-17-11(26-13)8-9(2)6-5-7-25-14(22)12(21)18-16-10(3)20/h9H,4-8H2,1-3H3,(H,16,20)(H,18,21)/t9-/m0/s1. The largest absolute Gasteiger partial charge is 0.461 e. The zero-order chi connectivity index (χ0) is 19.5. The predicted octanol–water partition coefficient (Wildman–Crippen LogP) is 0.384. The highest BCUT2D eigenvalue weighted by Crippen LogP contribution is 2.18. The lowest BCUT2D eigenvalue weighted by atomic mass is 10.0. The van der Waals surface area contributed by atoms with E-state index in [4.69, 9.17) is 9.47 Å². The van der Waals surface area contributed by atoms with Gasteiger partial charge in [-0.2, -0.15) is 0 Å². The number of carbonyl (C=O) groups excluding carboxylic acids is 4. The molecule has 0 fully saturated rings. The normalized spacial score (nSPS) is 11.3. The second-order valence-electron chi connectivity index (χ2n) is 5.44. The molecule has 0 radical (unpaired) electrons. The Morgan fingerprint density at radius 2 is 1.88 bits per heavy atom. The highest BCUT2D eigenvalue weighted by atomic mass is 32.1. The summed E-state index contributed by atoms with van der Waals surface area (Å²) in [5, 5.41) is 8.73. The fourth-order valence-electron chi connectivity index (χ4n) is 1.87. The molecule has 1 aromatic heterocycles. The minimum Gasteiger partial charge on any atom is -0.461 e. The van der Waals surface area contributed by atoms with Crippen molar-refractivity contribution in [2.45, 2.75) is 40.0 Å². The van der Waals surface area contributed by atoms with Crippen molar-refractivity contribution in [3.05, 3.63) is 10.0 Å². The number of ether oxygens (including phenoxy) is 2. The van der Waals surface area contributed by atoms with Crippen LogP contribution in [0.3, 0.4) is 0 Å². The summed E-state index contributed by atoms with van der Waals surface area (Å²) in [5.41, 5.74) is 3.92. The average molecular weight is 386 g/mol. The molecular weight excluding hydrogens is 364 g/mol. The Morgan fingerprint density at radius 1 is 1.15 bits per heavy atom. The van der Waals surface area contributed by atoms with Crippen LogP contribution in [0.2, 0.25) is 0 Å². The van der Waals surface area contributed by atoms with E-state index in [0.29, 0.717) is 12.8 Å². The molecule has 1 rings (SSSR count). The summed E-state index contributed by atoms with van der Waals surface area (Å²) in [6.45, 7) is 5.28. The van der Waals surface area contributed by atoms with Crippen LogP contribution in [0.15, 0.2) is 0 Å². The van der Waals surface area contributed by atoms with Crippen LogP contribution in [0.5, 0.6) is 0 Å². The maximum Gasteiger partial charge on any atom is 0.398 e. The van der Waals surface area contributed by atoms with E-state index < -0.39 is 23.8 Å². The summed E-state index contributed by atoms with van der Waals surface area (Å²) in [6.07, 6.45) is 1.92. The van der Waals surface area contributed by atoms with Crippen LogP contribution in [0, 0.1) is 5.92 Å². The molecule has 1 aromatic rings. The molecular formula is C15H22N4O6S. The van der Waals surface area contributed by atoms with Gasteiger partial charge in [0, 0.05) is 13.3 Å². The summed E-state index contributed by atoms with van der Waals surface area (Å²) in [5.74, 6) is -2.84. The molecule has 0 aliphatic carbocycles. The van der Waals surface area contributed by atoms with Gasteiger partial charge in [-0.15, -0.1) is 10.2 Å². The monoisotopic (exact) mass is 386 g/mol. The van der Waals surface area contributed by atoms with Gasteiger partial charge in [0.15, 0.2) is 0 Å². The lowest BCUT2D eigenvalue weighted by Crippen LogP contribution is -2.44. The summed E-state index contributed by atoms with van der Waals surface area (Å²) >= 11 is 1.20. The Bertz CT molecular complexity index is 648. The minimum atomic E-state index is -1.06. The fourth-order valence-corrected chi connectivity index (χ4v) is 2.77. The third kappa shape index (κ3) is 8.01. The number of aromatic nitrogens is 2. The van der Waals surface area contributed by atoms with Gasteiger partial charge in [-0.3, -0.25) is 20.4 Å². The van der Waals surface area contributed by atoms with Gasteiger partial charge in [0.25, 0.3) is 0 Å². The first-order chi connectivity index (χ1) is 12.3. The molecule has 0 aliphatic heterocycles. The number of nitrogens with one attached hydrogen (secondary N) is 2. The quantitative estimate of drug-likeness (QED) is 0.283. The van der Waals surface area contributed by atoms with E-state index in [1.54, 1.807) is 6.92 Å². The van der Waals surface area contributed by atoms with Crippen LogP contribution in [-0.2, 0) is 30.3 Å². The summed E-state index contributed by atoms with van der Waals surface area (Å²) < 4.78 is 9.67. The van der Waals surface area contributed by atoms with Gasteiger partial charge in [0.05, 0.1) is 13.2 Å². The maximum absolute atomic E-state index is 11.5. The number of nitrogens with zero attached hydrogens (tertiary/aromatic N) is 2. The highest BCUT2D eigenvalue weighted by Gasteiger charge is 2.17. The van der Waals surface area contributed by atoms with Gasteiger partial charge in [-0.25, -0.2) is 9.59 Å². The van der Waals surface area contributed by atoms with E-state index in [1.807, 2.05) is 17.8 Å². The fraction of sp³-hybridized carbons (Fsp3) is 0.600. The van der Waals surface area contributed by atoms with Crippen LogP contribution in [0.25, 0.3) is 0 Å². The second-order valence-corrected chi connectivity index (χ2v) is 6.51. The van der Waals surface area contributed by atoms with E-state index in [9.17, 15) is 19.2 Å². The third-order valence-electron chi connectivity index (χ3n) is 3.05. The van der Waals surface area contributed by atoms with E-state index in [1.165, 1.54) is 18.3 Å². The van der Waals surface area contributed by atoms with Crippen LogP contribution in [0.1, 0.15) is 48.4 Å². The predicted molar refractivity (Wildman–Crippen MR) is 90.9 cm³/mol. The molecule has 0 unspecified atom stereocenters. The van der Waals surface area contributed by atoms with Crippen molar-refractivity contribution in [3.8, 4) is 0 Å². The lowest BCUT2D eigenvalue weighted by Gasteiger charge is -2.09. The molecule has 144 valence electrons. The van der Waals surface area contributed by atoms with Crippen LogP contribution in [-0.4, -0.2) is 47.2 Å². The molecule has 0 aromatic carbocycles. The summed E-state index contributed by atoms with van der Waals surface area (Å²) in [6, 6.07) is 0. The number of esters is 2. The molecule has 0 aliphatic rings. The average Bonchev–Trinajstić information content (AvgIpc) is 3.05. The molecule has 11 heteroatoms. The Kier molecular flexibility index (Phi) is 9.20. The Hall–Kier alpha value is -2.56. The number of hydrogen-bond acceptors (Lipinski definition) is 9. The number of rotatable bonds is 8. The lowest BCUT2D eigenvalue weighted by molar-refractivity contribution is -0.155. The number of carbonyl (C=O) groups is 4. The third-order valence-corrected chi connectivity index (χ3v) is 3.98. The Balaban J connectivity index is 2.25. The van der Waals surface area contributed by atoms with Crippen molar-refractivity contribution >= 4 is 35.1 Å². The van der Waals surface area contributed by atoms with Crippen molar-refractivity contribution in [2.75, 3.05) is 13.2 Å². The van der Waals surface area contributed by atoms with Gasteiger partial charge in [0.2, 0.25) is 10.9 Å². The first-order valence-corrected chi connectivity index (χ1v) is 8.88. The van der Waals surface area contributed by atoms with Crippen LogP contribution >= 0.6 is 11.3 Å². The van der Waals surface area contributed by atoms with E-state index in [-0.39, 0.29) is 24.1 Å². The topological polar surface area (TPSA) is 137 Å². The molecule has 1 heterocycles. The SMILES string of the molecule is CCOC(=O)c1nnc(C[C@@H](C)CCCOC(=O)C(=O)NNC(C)=O)s1. The first-order valence-electron chi connectivity index (χ1n) is 8.06. The first kappa shape index (κ1) is 21.5. The van der Waals surface area contributed by atoms with Gasteiger partial charge >= 0.3 is 17.8 Å². The van der Waals surface area contributed by atoms with Crippen molar-refractivity contribution < 1.29 is 28.7 Å². The zero-order valence-electron chi connectivity index (χ0n) is 14.9. The van der Waals surface area contributed by atoms with Gasteiger partial charge in [0.1, 0.15) is 5.01 Å². The molecule has 2 N–H and O–H groups in total. The van der Waals surface area contributed by atoms with Crippen molar-refractivity contribution in [1.29, 1.82) is 0 Å². The van der Waals surface area contributed by atoms with E-state index in [0.717, 1.165) is 11.4 Å². The Labute approximate surface area is 154 Å².